The van der Waals surface area contributed by atoms with Crippen molar-refractivity contribution in [3.8, 4) is 5.75 Å². The molecule has 0 bridgehead atoms. The van der Waals surface area contributed by atoms with Crippen molar-refractivity contribution in [3.05, 3.63) is 60.2 Å². The number of ether oxygens (including phenoxy) is 2. The van der Waals surface area contributed by atoms with Crippen molar-refractivity contribution in [2.24, 2.45) is 0 Å². The Kier molecular flexibility index (Phi) is 8.72. The molecule has 8 nitrogen and oxygen atoms in total. The summed E-state index contributed by atoms with van der Waals surface area (Å²) in [7, 11) is 1.84. The van der Waals surface area contributed by atoms with Gasteiger partial charge in [-0.2, -0.15) is 0 Å². The lowest BCUT2D eigenvalue weighted by atomic mass is 10.0. The first kappa shape index (κ1) is 25.8. The summed E-state index contributed by atoms with van der Waals surface area (Å²) in [5, 5.41) is 25.3. The van der Waals surface area contributed by atoms with E-state index in [1.165, 1.54) is 12.1 Å². The zero-order valence-corrected chi connectivity index (χ0v) is 18.5. The number of likely N-dealkylation sites (N-methyl/N-ethyl adjacent to an activating group) is 1. The van der Waals surface area contributed by atoms with Gasteiger partial charge >= 0.3 is 12.4 Å². The minimum Gasteiger partial charge on any atom is -0.406 e. The molecule has 1 fully saturated rings. The van der Waals surface area contributed by atoms with Gasteiger partial charge in [0.15, 0.2) is 0 Å². The normalized spacial score (nSPS) is 22.6. The van der Waals surface area contributed by atoms with Crippen molar-refractivity contribution in [1.29, 1.82) is 0 Å². The molecule has 4 N–H and O–H groups in total. The first-order valence-electron chi connectivity index (χ1n) is 10.8. The molecule has 1 aliphatic heterocycles. The molecule has 0 spiro atoms. The number of amides is 2. The number of nitrogens with zero attached hydrogens (tertiary/aromatic N) is 1. The molecule has 2 amide bonds. The zero-order valence-electron chi connectivity index (χ0n) is 18.5. The molecular formula is C23H28F3N3O5. The molecule has 3 rings (SSSR count). The van der Waals surface area contributed by atoms with Crippen molar-refractivity contribution in [1.82, 2.24) is 10.2 Å². The summed E-state index contributed by atoms with van der Waals surface area (Å²) < 4.78 is 46.3. The first-order valence-corrected chi connectivity index (χ1v) is 10.8. The number of rotatable bonds is 9. The standard InChI is InChI=1S/C23H28F3N3O5/c1-29(12-11-15-5-3-2-4-6-15)20-18(33-19(14-30)21(20)31)13-27-22(32)28-16-7-9-17(10-8-16)34-23(24,25)26/h2-10,18-21,30-31H,11-14H2,1H3,(H2,27,28,32). The number of aliphatic hydroxyl groups excluding tert-OH is 2. The number of aliphatic hydroxyl groups is 2. The monoisotopic (exact) mass is 483 g/mol. The zero-order chi connectivity index (χ0) is 24.7. The lowest BCUT2D eigenvalue weighted by Gasteiger charge is -2.30. The lowest BCUT2D eigenvalue weighted by Crippen LogP contribution is -2.50. The molecule has 0 radical (unpaired) electrons. The molecule has 1 heterocycles. The molecule has 11 heteroatoms. The van der Waals surface area contributed by atoms with Gasteiger partial charge in [0.1, 0.15) is 18.0 Å². The number of carbonyl (C=O) groups is 1. The van der Waals surface area contributed by atoms with Gasteiger partial charge in [-0.15, -0.1) is 13.2 Å². The van der Waals surface area contributed by atoms with E-state index >= 15 is 0 Å². The van der Waals surface area contributed by atoms with Crippen LogP contribution in [0, 0.1) is 0 Å². The summed E-state index contributed by atoms with van der Waals surface area (Å²) in [5.41, 5.74) is 1.41. The van der Waals surface area contributed by atoms with E-state index in [0.717, 1.165) is 24.1 Å². The van der Waals surface area contributed by atoms with Crippen molar-refractivity contribution in [2.75, 3.05) is 32.1 Å². The maximum Gasteiger partial charge on any atom is 0.573 e. The van der Waals surface area contributed by atoms with Crippen LogP contribution in [0.25, 0.3) is 0 Å². The van der Waals surface area contributed by atoms with Crippen LogP contribution in [0.2, 0.25) is 0 Å². The number of carbonyl (C=O) groups excluding carboxylic acids is 1. The van der Waals surface area contributed by atoms with Crippen LogP contribution in [0.15, 0.2) is 54.6 Å². The van der Waals surface area contributed by atoms with Crippen molar-refractivity contribution in [3.63, 3.8) is 0 Å². The quantitative estimate of drug-likeness (QED) is 0.437. The summed E-state index contributed by atoms with van der Waals surface area (Å²) in [5.74, 6) is -0.400. The lowest BCUT2D eigenvalue weighted by molar-refractivity contribution is -0.274. The Labute approximate surface area is 195 Å². The molecule has 1 saturated heterocycles. The minimum atomic E-state index is -4.80. The van der Waals surface area contributed by atoms with Gasteiger partial charge in [-0.25, -0.2) is 4.79 Å². The molecule has 34 heavy (non-hydrogen) atoms. The van der Waals surface area contributed by atoms with Gasteiger partial charge in [0.2, 0.25) is 0 Å². The number of hydrogen-bond donors (Lipinski definition) is 4. The average molecular weight is 483 g/mol. The molecule has 0 aliphatic carbocycles. The molecular weight excluding hydrogens is 455 g/mol. The Morgan fingerprint density at radius 3 is 2.41 bits per heavy atom. The number of hydrogen-bond acceptors (Lipinski definition) is 6. The second kappa shape index (κ2) is 11.5. The third-order valence-corrected chi connectivity index (χ3v) is 5.56. The van der Waals surface area contributed by atoms with Gasteiger partial charge in [0.25, 0.3) is 0 Å². The number of nitrogens with one attached hydrogen (secondary N) is 2. The Hall–Kier alpha value is -2.86. The Morgan fingerprint density at radius 1 is 1.12 bits per heavy atom. The van der Waals surface area contributed by atoms with Crippen LogP contribution < -0.4 is 15.4 Å². The predicted molar refractivity (Wildman–Crippen MR) is 118 cm³/mol. The second-order valence-corrected chi connectivity index (χ2v) is 8.00. The fourth-order valence-corrected chi connectivity index (χ4v) is 3.90. The van der Waals surface area contributed by atoms with Crippen molar-refractivity contribution < 1.29 is 37.7 Å². The van der Waals surface area contributed by atoms with Crippen LogP contribution in [0.4, 0.5) is 23.7 Å². The molecule has 1 aliphatic rings. The van der Waals surface area contributed by atoms with Crippen LogP contribution in [0.5, 0.6) is 5.75 Å². The van der Waals surface area contributed by atoms with E-state index in [1.54, 1.807) is 0 Å². The molecule has 0 saturated carbocycles. The van der Waals surface area contributed by atoms with Crippen LogP contribution >= 0.6 is 0 Å². The minimum absolute atomic E-state index is 0.0506. The van der Waals surface area contributed by atoms with Crippen LogP contribution in [-0.2, 0) is 11.2 Å². The number of halogens is 3. The first-order chi connectivity index (χ1) is 16.2. The van der Waals surface area contributed by atoms with Gasteiger partial charge < -0.3 is 30.3 Å². The van der Waals surface area contributed by atoms with E-state index < -0.39 is 42.5 Å². The highest BCUT2D eigenvalue weighted by Crippen LogP contribution is 2.26. The van der Waals surface area contributed by atoms with Crippen LogP contribution in [0.1, 0.15) is 5.56 Å². The molecule has 186 valence electrons. The highest BCUT2D eigenvalue weighted by Gasteiger charge is 2.45. The van der Waals surface area contributed by atoms with Crippen LogP contribution in [-0.4, -0.2) is 78.6 Å². The van der Waals surface area contributed by atoms with Gasteiger partial charge in [-0.1, -0.05) is 30.3 Å². The van der Waals surface area contributed by atoms with E-state index in [0.29, 0.717) is 6.54 Å². The fourth-order valence-electron chi connectivity index (χ4n) is 3.90. The molecule has 4 unspecified atom stereocenters. The fraction of sp³-hybridized carbons (Fsp3) is 0.435. The SMILES string of the molecule is CN(CCc1ccccc1)C1C(CNC(=O)Nc2ccc(OC(F)(F)F)cc2)OC(CO)C1O. The second-order valence-electron chi connectivity index (χ2n) is 8.00. The predicted octanol–water partition coefficient (Wildman–Crippen LogP) is 2.37. The summed E-state index contributed by atoms with van der Waals surface area (Å²) in [4.78, 5) is 14.2. The highest BCUT2D eigenvalue weighted by molar-refractivity contribution is 5.89. The Balaban J connectivity index is 1.54. The largest absolute Gasteiger partial charge is 0.573 e. The smallest absolute Gasteiger partial charge is 0.406 e. The number of benzene rings is 2. The Morgan fingerprint density at radius 2 is 1.79 bits per heavy atom. The van der Waals surface area contributed by atoms with Crippen molar-refractivity contribution >= 4 is 11.7 Å². The Bertz CT molecular complexity index is 914. The number of urea groups is 1. The third kappa shape index (κ3) is 7.32. The van der Waals surface area contributed by atoms with Gasteiger partial charge in [-0.3, -0.25) is 4.90 Å². The molecule has 4 atom stereocenters. The van der Waals surface area contributed by atoms with Crippen LogP contribution in [0.3, 0.4) is 0 Å². The maximum atomic E-state index is 12.3. The maximum absolute atomic E-state index is 12.3. The summed E-state index contributed by atoms with van der Waals surface area (Å²) in [6.45, 7) is 0.316. The summed E-state index contributed by atoms with van der Waals surface area (Å²) in [6, 6.07) is 13.5. The summed E-state index contributed by atoms with van der Waals surface area (Å²) in [6.07, 6.45) is -6.35. The molecule has 2 aromatic rings. The van der Waals surface area contributed by atoms with E-state index in [-0.39, 0.29) is 18.8 Å². The van der Waals surface area contributed by atoms with Gasteiger partial charge in [0, 0.05) is 18.8 Å². The average Bonchev–Trinajstić information content (AvgIpc) is 3.12. The number of anilines is 1. The highest BCUT2D eigenvalue weighted by atomic mass is 19.4. The topological polar surface area (TPSA) is 103 Å². The van der Waals surface area contributed by atoms with E-state index in [9.17, 15) is 28.2 Å². The van der Waals surface area contributed by atoms with Crippen molar-refractivity contribution in [2.45, 2.75) is 37.1 Å². The van der Waals surface area contributed by atoms with Gasteiger partial charge in [-0.05, 0) is 43.3 Å². The van der Waals surface area contributed by atoms with Gasteiger partial charge in [0.05, 0.1) is 18.8 Å². The third-order valence-electron chi connectivity index (χ3n) is 5.56. The van der Waals surface area contributed by atoms with E-state index in [2.05, 4.69) is 15.4 Å². The number of alkyl halides is 3. The summed E-state index contributed by atoms with van der Waals surface area (Å²) >= 11 is 0. The van der Waals surface area contributed by atoms with E-state index in [4.69, 9.17) is 4.74 Å². The molecule has 2 aromatic carbocycles. The molecule has 0 aromatic heterocycles. The van der Waals surface area contributed by atoms with E-state index in [1.807, 2.05) is 42.3 Å².